The summed E-state index contributed by atoms with van der Waals surface area (Å²) in [6.45, 7) is 1.83. The van der Waals surface area contributed by atoms with Crippen LogP contribution in [0.25, 0.3) is 0 Å². The fraction of sp³-hybridized carbons (Fsp3) is 0.400. The number of hydrogen-bond donors (Lipinski definition) is 0. The zero-order chi connectivity index (χ0) is 5.98. The second-order valence-corrected chi connectivity index (χ2v) is 1.58. The van der Waals surface area contributed by atoms with Crippen molar-refractivity contribution >= 4 is 18.2 Å². The van der Waals surface area contributed by atoms with Crippen molar-refractivity contribution in [2.75, 3.05) is 0 Å². The van der Waals surface area contributed by atoms with Crippen molar-refractivity contribution < 1.29 is 4.79 Å². The Kier molecular flexibility index (Phi) is 1.20. The highest BCUT2D eigenvalue weighted by Crippen LogP contribution is 1.96. The van der Waals surface area contributed by atoms with Gasteiger partial charge < -0.3 is 0 Å². The van der Waals surface area contributed by atoms with Gasteiger partial charge in [-0.2, -0.15) is 0 Å². The van der Waals surface area contributed by atoms with Gasteiger partial charge in [0.1, 0.15) is 11.9 Å². The van der Waals surface area contributed by atoms with Crippen LogP contribution in [0.4, 0.5) is 0 Å². The zero-order valence-electron chi connectivity index (χ0n) is 4.53. The molecule has 3 nitrogen and oxygen atoms in total. The average Bonchev–Trinajstić information content (AvgIpc) is 2.14. The van der Waals surface area contributed by atoms with E-state index in [9.17, 15) is 4.79 Å². The van der Waals surface area contributed by atoms with E-state index < -0.39 is 0 Å². The molecule has 0 spiro atoms. The molecule has 1 atom stereocenters. The largest absolute Gasteiger partial charge is 0.296 e. The summed E-state index contributed by atoms with van der Waals surface area (Å²) in [6, 6.07) is 0. The molecule has 1 aliphatic heterocycles. The van der Waals surface area contributed by atoms with E-state index in [1.807, 2.05) is 6.92 Å². The van der Waals surface area contributed by atoms with Gasteiger partial charge in [-0.3, -0.25) is 14.8 Å². The van der Waals surface area contributed by atoms with Crippen molar-refractivity contribution in [3.05, 3.63) is 0 Å². The van der Waals surface area contributed by atoms with Gasteiger partial charge in [0.2, 0.25) is 0 Å². The maximum atomic E-state index is 9.93. The minimum absolute atomic E-state index is 0.0461. The number of aliphatic imine (C=N–C) groups is 2. The third-order valence-corrected chi connectivity index (χ3v) is 0.879. The third kappa shape index (κ3) is 0.804. The Morgan fingerprint density at radius 3 is 2.88 bits per heavy atom. The van der Waals surface area contributed by atoms with Crippen LogP contribution in [-0.2, 0) is 4.79 Å². The molecule has 1 rings (SSSR count). The molecule has 8 heavy (non-hydrogen) atoms. The van der Waals surface area contributed by atoms with Crippen molar-refractivity contribution in [2.45, 2.75) is 13.1 Å². The van der Waals surface area contributed by atoms with E-state index in [2.05, 4.69) is 9.98 Å². The second kappa shape index (κ2) is 1.86. The van der Waals surface area contributed by atoms with Gasteiger partial charge in [-0.1, -0.05) is 0 Å². The van der Waals surface area contributed by atoms with Gasteiger partial charge in [-0.15, -0.1) is 0 Å². The fourth-order valence-electron chi connectivity index (χ4n) is 0.527. The van der Waals surface area contributed by atoms with E-state index >= 15 is 0 Å². The van der Waals surface area contributed by atoms with E-state index in [1.54, 1.807) is 0 Å². The molecular formula is C5H6N2O. The Morgan fingerprint density at radius 1 is 1.88 bits per heavy atom. The molecule has 0 saturated heterocycles. The van der Waals surface area contributed by atoms with E-state index in [4.69, 9.17) is 0 Å². The molecule has 0 radical (unpaired) electrons. The summed E-state index contributed by atoms with van der Waals surface area (Å²) in [6.07, 6.45) is 2.14. The zero-order valence-corrected chi connectivity index (χ0v) is 4.53. The van der Waals surface area contributed by atoms with Crippen LogP contribution in [0.3, 0.4) is 0 Å². The summed E-state index contributed by atoms with van der Waals surface area (Å²) in [4.78, 5) is 17.6. The maximum Gasteiger partial charge on any atom is 0.169 e. The number of hydrogen-bond acceptors (Lipinski definition) is 3. The molecule has 42 valence electrons. The molecule has 0 fully saturated rings. The van der Waals surface area contributed by atoms with Crippen LogP contribution >= 0.6 is 0 Å². The molecule has 0 aliphatic carbocycles. The quantitative estimate of drug-likeness (QED) is 0.440. The fourth-order valence-corrected chi connectivity index (χ4v) is 0.527. The highest BCUT2D eigenvalue weighted by Gasteiger charge is 2.03. The number of aldehydes is 1. The Balaban J connectivity index is 2.72. The van der Waals surface area contributed by atoms with E-state index in [-0.39, 0.29) is 6.17 Å². The lowest BCUT2D eigenvalue weighted by Gasteiger charge is -1.85. The molecule has 0 saturated carbocycles. The lowest BCUT2D eigenvalue weighted by atomic mass is 10.5. The first-order chi connectivity index (χ1) is 3.83. The normalized spacial score (nSPS) is 25.6. The molecule has 0 unspecified atom stereocenters. The van der Waals surface area contributed by atoms with Gasteiger partial charge in [-0.25, -0.2) is 0 Å². The molecular weight excluding hydrogens is 104 g/mol. The van der Waals surface area contributed by atoms with Crippen LogP contribution < -0.4 is 0 Å². The summed E-state index contributed by atoms with van der Waals surface area (Å²) < 4.78 is 0. The van der Waals surface area contributed by atoms with Crippen LogP contribution in [0.1, 0.15) is 6.92 Å². The van der Waals surface area contributed by atoms with E-state index in [0.29, 0.717) is 12.0 Å². The van der Waals surface area contributed by atoms with Crippen LogP contribution in [-0.4, -0.2) is 24.4 Å². The van der Waals surface area contributed by atoms with E-state index in [0.717, 1.165) is 0 Å². The molecule has 0 amide bonds. The van der Waals surface area contributed by atoms with Gasteiger partial charge >= 0.3 is 0 Å². The third-order valence-electron chi connectivity index (χ3n) is 0.879. The van der Waals surface area contributed by atoms with Gasteiger partial charge in [0, 0.05) is 0 Å². The summed E-state index contributed by atoms with van der Waals surface area (Å²) in [5.41, 5.74) is 0.442. The molecule has 0 aromatic rings. The molecule has 0 aromatic heterocycles. The molecule has 0 N–H and O–H groups in total. The van der Waals surface area contributed by atoms with Crippen LogP contribution in [0.2, 0.25) is 0 Å². The van der Waals surface area contributed by atoms with Gasteiger partial charge in [-0.05, 0) is 6.92 Å². The van der Waals surface area contributed by atoms with E-state index in [1.165, 1.54) is 6.21 Å². The monoisotopic (exact) mass is 110 g/mol. The van der Waals surface area contributed by atoms with Crippen molar-refractivity contribution in [3.63, 3.8) is 0 Å². The molecule has 0 bridgehead atoms. The number of rotatable bonds is 1. The second-order valence-electron chi connectivity index (χ2n) is 1.58. The predicted octanol–water partition coefficient (Wildman–Crippen LogP) is 0.0567. The number of nitrogens with zero attached hydrogens (tertiary/aromatic N) is 2. The van der Waals surface area contributed by atoms with Crippen molar-refractivity contribution in [2.24, 2.45) is 9.98 Å². The smallest absolute Gasteiger partial charge is 0.169 e. The highest BCUT2D eigenvalue weighted by atomic mass is 16.1. The Morgan fingerprint density at radius 2 is 2.62 bits per heavy atom. The Bertz CT molecular complexity index is 160. The van der Waals surface area contributed by atoms with Gasteiger partial charge in [0.05, 0.1) is 6.21 Å². The first-order valence-corrected chi connectivity index (χ1v) is 2.39. The first-order valence-electron chi connectivity index (χ1n) is 2.39. The lowest BCUT2D eigenvalue weighted by Crippen LogP contribution is -1.96. The number of carbonyl (C=O) groups excluding carboxylic acids is 1. The lowest BCUT2D eigenvalue weighted by molar-refractivity contribution is -0.102. The van der Waals surface area contributed by atoms with Crippen molar-refractivity contribution in [1.82, 2.24) is 0 Å². The Hall–Kier alpha value is -0.990. The molecule has 1 heterocycles. The summed E-state index contributed by atoms with van der Waals surface area (Å²) in [5.74, 6) is 0. The molecule has 1 aliphatic rings. The van der Waals surface area contributed by atoms with Crippen molar-refractivity contribution in [1.29, 1.82) is 0 Å². The number of carbonyl (C=O) groups is 1. The summed E-state index contributed by atoms with van der Waals surface area (Å²) in [7, 11) is 0. The van der Waals surface area contributed by atoms with Crippen LogP contribution in [0.5, 0.6) is 0 Å². The average molecular weight is 110 g/mol. The topological polar surface area (TPSA) is 41.8 Å². The predicted molar refractivity (Wildman–Crippen MR) is 31.5 cm³/mol. The summed E-state index contributed by atoms with van der Waals surface area (Å²) >= 11 is 0. The summed E-state index contributed by atoms with van der Waals surface area (Å²) in [5, 5.41) is 0. The SMILES string of the molecule is C[C@@H]1N=CC(C=O)=N1. The van der Waals surface area contributed by atoms with Crippen LogP contribution in [0.15, 0.2) is 9.98 Å². The standard InChI is InChI=1S/C5H6N2O/c1-4-6-2-5(3-8)7-4/h2-4H,1H3/t4-/m1/s1. The van der Waals surface area contributed by atoms with Crippen molar-refractivity contribution in [3.8, 4) is 0 Å². The minimum atomic E-state index is -0.0461. The van der Waals surface area contributed by atoms with Gasteiger partial charge in [0.15, 0.2) is 6.29 Å². The maximum absolute atomic E-state index is 9.93. The minimum Gasteiger partial charge on any atom is -0.296 e. The van der Waals surface area contributed by atoms with Gasteiger partial charge in [0.25, 0.3) is 0 Å². The first kappa shape index (κ1) is 5.15. The highest BCUT2D eigenvalue weighted by molar-refractivity contribution is 6.55. The molecule has 0 aromatic carbocycles. The molecule has 3 heteroatoms. The Labute approximate surface area is 47.1 Å². The van der Waals surface area contributed by atoms with Crippen LogP contribution in [0, 0.1) is 0 Å².